The minimum absolute atomic E-state index is 0.0266. The van der Waals surface area contributed by atoms with Crippen LogP contribution in [0.2, 0.25) is 0 Å². The molecular formula is C14H19N3O4. The number of carbonyl (C=O) groups excluding carboxylic acids is 1. The van der Waals surface area contributed by atoms with Gasteiger partial charge in [-0.1, -0.05) is 6.07 Å². The number of morpholine rings is 1. The molecule has 2 rings (SSSR count). The van der Waals surface area contributed by atoms with E-state index in [0.717, 1.165) is 0 Å². The third-order valence-electron chi connectivity index (χ3n) is 3.21. The summed E-state index contributed by atoms with van der Waals surface area (Å²) < 4.78 is 5.20. The summed E-state index contributed by atoms with van der Waals surface area (Å²) in [5.41, 5.74) is 0.674. The van der Waals surface area contributed by atoms with Crippen molar-refractivity contribution in [2.24, 2.45) is 0 Å². The van der Waals surface area contributed by atoms with Crippen LogP contribution >= 0.6 is 0 Å². The normalized spacial score (nSPS) is 15.0. The maximum absolute atomic E-state index is 11.9. The van der Waals surface area contributed by atoms with Gasteiger partial charge in [0.05, 0.1) is 18.9 Å². The molecule has 0 aromatic carbocycles. The van der Waals surface area contributed by atoms with Crippen molar-refractivity contribution < 1.29 is 19.4 Å². The highest BCUT2D eigenvalue weighted by atomic mass is 16.5. The standard InChI is InChI=1S/C14H19N3O4/c18-13(17-6-8-21-9-7-17)4-5-15-10-11-2-1-3-12(16-11)14(19)20/h1-3,15H,4-10H2,(H,19,20). The Kier molecular flexibility index (Phi) is 5.65. The summed E-state index contributed by atoms with van der Waals surface area (Å²) >= 11 is 0. The van der Waals surface area contributed by atoms with Crippen molar-refractivity contribution in [3.05, 3.63) is 29.6 Å². The summed E-state index contributed by atoms with van der Waals surface area (Å²) in [4.78, 5) is 28.5. The Morgan fingerprint density at radius 1 is 1.33 bits per heavy atom. The van der Waals surface area contributed by atoms with Gasteiger partial charge in [0.25, 0.3) is 0 Å². The number of nitrogens with zero attached hydrogens (tertiary/aromatic N) is 2. The second-order valence-electron chi connectivity index (χ2n) is 4.74. The SMILES string of the molecule is O=C(O)c1cccc(CNCCC(=O)N2CCOCC2)n1. The summed E-state index contributed by atoms with van der Waals surface area (Å²) in [6.45, 7) is 3.49. The van der Waals surface area contributed by atoms with Crippen molar-refractivity contribution in [2.75, 3.05) is 32.8 Å². The third-order valence-corrected chi connectivity index (χ3v) is 3.21. The highest BCUT2D eigenvalue weighted by Crippen LogP contribution is 2.01. The summed E-state index contributed by atoms with van der Waals surface area (Å²) in [5, 5.41) is 12.0. The first-order chi connectivity index (χ1) is 10.2. The number of rotatable bonds is 6. The van der Waals surface area contributed by atoms with Gasteiger partial charge in [-0.2, -0.15) is 0 Å². The van der Waals surface area contributed by atoms with Gasteiger partial charge in [0, 0.05) is 32.6 Å². The van der Waals surface area contributed by atoms with Gasteiger partial charge in [-0.15, -0.1) is 0 Å². The molecule has 1 aliphatic rings. The minimum Gasteiger partial charge on any atom is -0.477 e. The van der Waals surface area contributed by atoms with E-state index < -0.39 is 5.97 Å². The van der Waals surface area contributed by atoms with Crippen molar-refractivity contribution in [3.8, 4) is 0 Å². The first kappa shape index (κ1) is 15.4. The Balaban J connectivity index is 1.70. The monoisotopic (exact) mass is 293 g/mol. The molecule has 0 aliphatic carbocycles. The van der Waals surface area contributed by atoms with Crippen LogP contribution < -0.4 is 5.32 Å². The molecule has 1 aliphatic heterocycles. The predicted molar refractivity (Wildman–Crippen MR) is 74.9 cm³/mol. The molecule has 1 fully saturated rings. The zero-order chi connectivity index (χ0) is 15.1. The molecule has 0 saturated carbocycles. The average Bonchev–Trinajstić information content (AvgIpc) is 2.52. The number of carboxylic acids is 1. The number of carboxylic acid groups (broad SMARTS) is 1. The number of ether oxygens (including phenoxy) is 1. The van der Waals surface area contributed by atoms with E-state index in [1.165, 1.54) is 6.07 Å². The molecule has 1 aromatic rings. The molecule has 7 nitrogen and oxygen atoms in total. The molecule has 1 saturated heterocycles. The average molecular weight is 293 g/mol. The van der Waals surface area contributed by atoms with Crippen molar-refractivity contribution in [2.45, 2.75) is 13.0 Å². The number of hydrogen-bond donors (Lipinski definition) is 2. The molecule has 21 heavy (non-hydrogen) atoms. The number of hydrogen-bond acceptors (Lipinski definition) is 5. The van der Waals surface area contributed by atoms with E-state index in [9.17, 15) is 9.59 Å². The quantitative estimate of drug-likeness (QED) is 0.724. The van der Waals surface area contributed by atoms with Crippen LogP contribution in [-0.2, 0) is 16.1 Å². The Hall–Kier alpha value is -1.99. The van der Waals surface area contributed by atoms with Crippen LogP contribution in [0.25, 0.3) is 0 Å². The smallest absolute Gasteiger partial charge is 0.354 e. The van der Waals surface area contributed by atoms with E-state index >= 15 is 0 Å². The molecule has 0 radical (unpaired) electrons. The van der Waals surface area contributed by atoms with Crippen LogP contribution in [0, 0.1) is 0 Å². The van der Waals surface area contributed by atoms with E-state index in [4.69, 9.17) is 9.84 Å². The van der Waals surface area contributed by atoms with Crippen LogP contribution in [0.1, 0.15) is 22.6 Å². The molecule has 7 heteroatoms. The molecule has 0 atom stereocenters. The Morgan fingerprint density at radius 3 is 2.81 bits per heavy atom. The van der Waals surface area contributed by atoms with Gasteiger partial charge < -0.3 is 20.1 Å². The lowest BCUT2D eigenvalue weighted by Crippen LogP contribution is -2.41. The summed E-state index contributed by atoms with van der Waals surface area (Å²) in [6.07, 6.45) is 0.415. The van der Waals surface area contributed by atoms with Gasteiger partial charge in [0.1, 0.15) is 5.69 Å². The highest BCUT2D eigenvalue weighted by Gasteiger charge is 2.15. The summed E-state index contributed by atoms with van der Waals surface area (Å²) in [6, 6.07) is 4.86. The van der Waals surface area contributed by atoms with Gasteiger partial charge in [-0.25, -0.2) is 9.78 Å². The fraction of sp³-hybridized carbons (Fsp3) is 0.500. The highest BCUT2D eigenvalue weighted by molar-refractivity contribution is 5.85. The summed E-state index contributed by atoms with van der Waals surface area (Å²) in [5.74, 6) is -0.933. The first-order valence-electron chi connectivity index (χ1n) is 6.92. The molecule has 2 N–H and O–H groups in total. The molecule has 0 bridgehead atoms. The van der Waals surface area contributed by atoms with Gasteiger partial charge in [0.15, 0.2) is 0 Å². The second-order valence-corrected chi connectivity index (χ2v) is 4.74. The van der Waals surface area contributed by atoms with Crippen LogP contribution in [0.3, 0.4) is 0 Å². The Morgan fingerprint density at radius 2 is 2.10 bits per heavy atom. The molecule has 0 unspecified atom stereocenters. The molecule has 0 spiro atoms. The first-order valence-corrected chi connectivity index (χ1v) is 6.92. The van der Waals surface area contributed by atoms with Crippen LogP contribution in [0.15, 0.2) is 18.2 Å². The molecular weight excluding hydrogens is 274 g/mol. The van der Waals surface area contributed by atoms with Gasteiger partial charge in [0.2, 0.25) is 5.91 Å². The lowest BCUT2D eigenvalue weighted by molar-refractivity contribution is -0.135. The number of carbonyl (C=O) groups is 2. The zero-order valence-electron chi connectivity index (χ0n) is 11.7. The van der Waals surface area contributed by atoms with E-state index in [1.807, 2.05) is 0 Å². The lowest BCUT2D eigenvalue weighted by Gasteiger charge is -2.26. The number of aromatic carboxylic acids is 1. The number of pyridine rings is 1. The number of amides is 1. The number of nitrogens with one attached hydrogen (secondary N) is 1. The van der Waals surface area contributed by atoms with Crippen molar-refractivity contribution in [1.29, 1.82) is 0 Å². The van der Waals surface area contributed by atoms with Crippen molar-refractivity contribution in [1.82, 2.24) is 15.2 Å². The largest absolute Gasteiger partial charge is 0.477 e. The van der Waals surface area contributed by atoms with Gasteiger partial charge >= 0.3 is 5.97 Å². The van der Waals surface area contributed by atoms with E-state index in [1.54, 1.807) is 17.0 Å². The Labute approximate surface area is 122 Å². The Bertz CT molecular complexity index is 501. The third kappa shape index (κ3) is 4.80. The van der Waals surface area contributed by atoms with Crippen LogP contribution in [0.4, 0.5) is 0 Å². The van der Waals surface area contributed by atoms with Crippen molar-refractivity contribution in [3.63, 3.8) is 0 Å². The van der Waals surface area contributed by atoms with Crippen LogP contribution in [-0.4, -0.2) is 59.7 Å². The van der Waals surface area contributed by atoms with E-state index in [-0.39, 0.29) is 11.6 Å². The maximum Gasteiger partial charge on any atom is 0.354 e. The molecule has 1 aromatic heterocycles. The minimum atomic E-state index is -1.04. The van der Waals surface area contributed by atoms with Gasteiger partial charge in [-0.3, -0.25) is 4.79 Å². The molecule has 1 amide bonds. The number of aromatic nitrogens is 1. The molecule has 114 valence electrons. The topological polar surface area (TPSA) is 91.8 Å². The maximum atomic E-state index is 11.9. The summed E-state index contributed by atoms with van der Waals surface area (Å²) in [7, 11) is 0. The fourth-order valence-electron chi connectivity index (χ4n) is 2.08. The zero-order valence-corrected chi connectivity index (χ0v) is 11.7. The second kappa shape index (κ2) is 7.70. The fourth-order valence-corrected chi connectivity index (χ4v) is 2.08. The van der Waals surface area contributed by atoms with Crippen LogP contribution in [0.5, 0.6) is 0 Å². The van der Waals surface area contributed by atoms with Crippen molar-refractivity contribution >= 4 is 11.9 Å². The molecule has 2 heterocycles. The lowest BCUT2D eigenvalue weighted by atomic mass is 10.3. The van der Waals surface area contributed by atoms with E-state index in [2.05, 4.69) is 10.3 Å². The predicted octanol–water partition coefficient (Wildman–Crippen LogP) is 0.118. The van der Waals surface area contributed by atoms with Gasteiger partial charge in [-0.05, 0) is 12.1 Å². The van der Waals surface area contributed by atoms with E-state index in [0.29, 0.717) is 51.5 Å².